The molecule has 0 radical (unpaired) electrons. The molecule has 2 amide bonds. The number of ether oxygens (including phenoxy) is 3. The molecule has 0 aromatic rings. The van der Waals surface area contributed by atoms with Crippen molar-refractivity contribution in [2.45, 2.75) is 46.0 Å². The van der Waals surface area contributed by atoms with Crippen molar-refractivity contribution in [2.75, 3.05) is 52.7 Å². The second-order valence-corrected chi connectivity index (χ2v) is 5.93. The highest BCUT2D eigenvalue weighted by Crippen LogP contribution is 1.99. The Morgan fingerprint density at radius 1 is 0.731 bits per heavy atom. The van der Waals surface area contributed by atoms with Crippen molar-refractivity contribution in [1.82, 2.24) is 10.6 Å². The van der Waals surface area contributed by atoms with Gasteiger partial charge in [0.2, 0.25) is 11.8 Å². The summed E-state index contributed by atoms with van der Waals surface area (Å²) in [6.45, 7) is 6.30. The minimum absolute atomic E-state index is 0.00229. The van der Waals surface area contributed by atoms with E-state index in [4.69, 9.17) is 14.2 Å². The lowest BCUT2D eigenvalue weighted by atomic mass is 10.1. The lowest BCUT2D eigenvalue weighted by Crippen LogP contribution is -2.31. The van der Waals surface area contributed by atoms with Crippen LogP contribution in [0.3, 0.4) is 0 Å². The molecule has 0 aromatic carbocycles. The second kappa shape index (κ2) is 18.3. The van der Waals surface area contributed by atoms with E-state index in [1.807, 2.05) is 6.92 Å². The van der Waals surface area contributed by atoms with Gasteiger partial charge in [-0.2, -0.15) is 0 Å². The Kier molecular flexibility index (Phi) is 17.2. The smallest absolute Gasteiger partial charge is 0.246 e. The lowest BCUT2D eigenvalue weighted by Gasteiger charge is -2.08. The Labute approximate surface area is 156 Å². The molecule has 0 spiro atoms. The van der Waals surface area contributed by atoms with Crippen molar-refractivity contribution in [3.05, 3.63) is 0 Å². The SMILES string of the molecule is CCCOCC(=O)NCCOCCOCC(=O)NCCCCCC(C)=O. The largest absolute Gasteiger partial charge is 0.377 e. The summed E-state index contributed by atoms with van der Waals surface area (Å²) in [6.07, 6.45) is 4.14. The summed E-state index contributed by atoms with van der Waals surface area (Å²) < 4.78 is 15.6. The van der Waals surface area contributed by atoms with Crippen LogP contribution in [0.25, 0.3) is 0 Å². The standard InChI is InChI=1S/C18H34N2O6/c1-3-10-25-14-18(23)20-9-11-24-12-13-26-15-17(22)19-8-6-4-5-7-16(2)21/h3-15H2,1-2H3,(H,19,22)(H,20,23). The van der Waals surface area contributed by atoms with Crippen molar-refractivity contribution in [3.63, 3.8) is 0 Å². The molecule has 0 rings (SSSR count). The molecular weight excluding hydrogens is 340 g/mol. The number of hydrogen-bond donors (Lipinski definition) is 2. The van der Waals surface area contributed by atoms with Gasteiger partial charge in [0.05, 0.1) is 19.8 Å². The zero-order valence-corrected chi connectivity index (χ0v) is 16.1. The van der Waals surface area contributed by atoms with Crippen LogP contribution in [0.5, 0.6) is 0 Å². The molecule has 0 saturated carbocycles. The van der Waals surface area contributed by atoms with Crippen molar-refractivity contribution in [3.8, 4) is 0 Å². The maximum atomic E-state index is 11.5. The van der Waals surface area contributed by atoms with Crippen molar-refractivity contribution in [2.24, 2.45) is 0 Å². The highest BCUT2D eigenvalue weighted by atomic mass is 16.5. The van der Waals surface area contributed by atoms with E-state index in [0.717, 1.165) is 25.7 Å². The molecule has 0 aliphatic rings. The summed E-state index contributed by atoms with van der Waals surface area (Å²) in [5, 5.41) is 5.45. The maximum Gasteiger partial charge on any atom is 0.246 e. The third-order valence-corrected chi connectivity index (χ3v) is 3.28. The minimum Gasteiger partial charge on any atom is -0.377 e. The van der Waals surface area contributed by atoms with Crippen LogP contribution in [-0.2, 0) is 28.6 Å². The summed E-state index contributed by atoms with van der Waals surface area (Å²) >= 11 is 0. The van der Waals surface area contributed by atoms with Crippen LogP contribution in [0.1, 0.15) is 46.0 Å². The van der Waals surface area contributed by atoms with Gasteiger partial charge >= 0.3 is 0 Å². The van der Waals surface area contributed by atoms with Crippen LogP contribution >= 0.6 is 0 Å². The molecule has 0 aliphatic carbocycles. The van der Waals surface area contributed by atoms with Crippen LogP contribution in [-0.4, -0.2) is 70.3 Å². The Morgan fingerprint density at radius 3 is 2.00 bits per heavy atom. The van der Waals surface area contributed by atoms with Crippen molar-refractivity contribution >= 4 is 17.6 Å². The summed E-state index contributed by atoms with van der Waals surface area (Å²) in [4.78, 5) is 33.6. The summed E-state index contributed by atoms with van der Waals surface area (Å²) in [7, 11) is 0. The molecule has 8 nitrogen and oxygen atoms in total. The van der Waals surface area contributed by atoms with Crippen molar-refractivity contribution < 1.29 is 28.6 Å². The number of carbonyl (C=O) groups is 3. The zero-order chi connectivity index (χ0) is 19.5. The third-order valence-electron chi connectivity index (χ3n) is 3.28. The first-order valence-electron chi connectivity index (χ1n) is 9.32. The van der Waals surface area contributed by atoms with E-state index in [9.17, 15) is 14.4 Å². The average molecular weight is 374 g/mol. The van der Waals surface area contributed by atoms with Gasteiger partial charge in [0.1, 0.15) is 19.0 Å². The average Bonchev–Trinajstić information content (AvgIpc) is 2.60. The first-order chi connectivity index (χ1) is 12.6. The van der Waals surface area contributed by atoms with Crippen LogP contribution in [0.2, 0.25) is 0 Å². The molecule has 0 saturated heterocycles. The predicted molar refractivity (Wildman–Crippen MR) is 97.9 cm³/mol. The lowest BCUT2D eigenvalue weighted by molar-refractivity contribution is -0.127. The van der Waals surface area contributed by atoms with E-state index in [1.54, 1.807) is 6.92 Å². The normalized spacial score (nSPS) is 10.5. The molecule has 0 atom stereocenters. The number of amides is 2. The van der Waals surface area contributed by atoms with Gasteiger partial charge in [0.15, 0.2) is 0 Å². The van der Waals surface area contributed by atoms with Gasteiger partial charge in [-0.3, -0.25) is 9.59 Å². The number of carbonyl (C=O) groups excluding carboxylic acids is 3. The Hall–Kier alpha value is -1.51. The van der Waals surface area contributed by atoms with Gasteiger partial charge in [-0.1, -0.05) is 13.3 Å². The molecular formula is C18H34N2O6. The molecule has 0 heterocycles. The molecule has 0 aromatic heterocycles. The fraction of sp³-hybridized carbons (Fsp3) is 0.833. The van der Waals surface area contributed by atoms with E-state index >= 15 is 0 Å². The number of ketones is 1. The van der Waals surface area contributed by atoms with Crippen LogP contribution in [0.4, 0.5) is 0 Å². The van der Waals surface area contributed by atoms with Crippen LogP contribution in [0, 0.1) is 0 Å². The van der Waals surface area contributed by atoms with E-state index in [0.29, 0.717) is 45.9 Å². The zero-order valence-electron chi connectivity index (χ0n) is 16.1. The molecule has 152 valence electrons. The predicted octanol–water partition coefficient (Wildman–Crippen LogP) is 0.828. The molecule has 26 heavy (non-hydrogen) atoms. The van der Waals surface area contributed by atoms with Crippen LogP contribution in [0.15, 0.2) is 0 Å². The van der Waals surface area contributed by atoms with E-state index < -0.39 is 0 Å². The van der Waals surface area contributed by atoms with Crippen LogP contribution < -0.4 is 10.6 Å². The van der Waals surface area contributed by atoms with Gasteiger partial charge in [-0.15, -0.1) is 0 Å². The Morgan fingerprint density at radius 2 is 1.35 bits per heavy atom. The van der Waals surface area contributed by atoms with E-state index in [1.165, 1.54) is 0 Å². The van der Waals surface area contributed by atoms with E-state index in [-0.39, 0.29) is 30.8 Å². The van der Waals surface area contributed by atoms with Gasteiger partial charge in [-0.25, -0.2) is 0 Å². The monoisotopic (exact) mass is 374 g/mol. The number of Topliss-reactive ketones (excluding diaryl/α,β-unsaturated/α-hetero) is 1. The van der Waals surface area contributed by atoms with Gasteiger partial charge in [-0.05, 0) is 26.2 Å². The molecule has 0 bridgehead atoms. The fourth-order valence-corrected chi connectivity index (χ4v) is 1.96. The third kappa shape index (κ3) is 18.8. The summed E-state index contributed by atoms with van der Waals surface area (Å²) in [5.41, 5.74) is 0. The molecule has 8 heteroatoms. The number of hydrogen-bond acceptors (Lipinski definition) is 6. The van der Waals surface area contributed by atoms with Crippen molar-refractivity contribution in [1.29, 1.82) is 0 Å². The second-order valence-electron chi connectivity index (χ2n) is 5.93. The highest BCUT2D eigenvalue weighted by Gasteiger charge is 2.02. The first kappa shape index (κ1) is 24.5. The Balaban J connectivity index is 3.27. The van der Waals surface area contributed by atoms with E-state index in [2.05, 4.69) is 10.6 Å². The molecule has 0 unspecified atom stereocenters. The summed E-state index contributed by atoms with van der Waals surface area (Å²) in [6, 6.07) is 0. The summed E-state index contributed by atoms with van der Waals surface area (Å²) in [5.74, 6) is -0.111. The van der Waals surface area contributed by atoms with Gasteiger partial charge < -0.3 is 29.6 Å². The Bertz CT molecular complexity index is 390. The number of nitrogens with one attached hydrogen (secondary N) is 2. The van der Waals surface area contributed by atoms with Gasteiger partial charge in [0.25, 0.3) is 0 Å². The maximum absolute atomic E-state index is 11.5. The van der Waals surface area contributed by atoms with Gasteiger partial charge in [0, 0.05) is 26.1 Å². The number of unbranched alkanes of at least 4 members (excludes halogenated alkanes) is 2. The molecule has 2 N–H and O–H groups in total. The number of rotatable bonds is 18. The quantitative estimate of drug-likeness (QED) is 0.345. The molecule has 0 aliphatic heterocycles. The molecule has 0 fully saturated rings. The first-order valence-corrected chi connectivity index (χ1v) is 9.32. The minimum atomic E-state index is -0.157. The fourth-order valence-electron chi connectivity index (χ4n) is 1.96. The topological polar surface area (TPSA) is 103 Å². The highest BCUT2D eigenvalue weighted by molar-refractivity contribution is 5.77.